The average Bonchev–Trinajstić information content (AvgIpc) is 3.17. The van der Waals surface area contributed by atoms with E-state index in [1.807, 2.05) is 18.2 Å². The van der Waals surface area contributed by atoms with E-state index >= 15 is 0 Å². The molecule has 0 saturated heterocycles. The number of hydrazine groups is 1. The lowest BCUT2D eigenvalue weighted by Gasteiger charge is -2.31. The zero-order valence-corrected chi connectivity index (χ0v) is 30.1. The molecule has 0 radical (unpaired) electrons. The van der Waals surface area contributed by atoms with Gasteiger partial charge in [-0.3, -0.25) is 29.6 Å². The van der Waals surface area contributed by atoms with E-state index in [-0.39, 0.29) is 36.6 Å². The molecule has 3 atom stereocenters. The number of thioether (sulfide) groups is 1. The molecule has 0 aliphatic rings. The van der Waals surface area contributed by atoms with Crippen molar-refractivity contribution in [3.8, 4) is 11.5 Å². The van der Waals surface area contributed by atoms with Crippen molar-refractivity contribution < 1.29 is 34.1 Å². The van der Waals surface area contributed by atoms with Gasteiger partial charge in [0.05, 0.1) is 12.6 Å². The number of carbonyl (C=O) groups is 4. The predicted octanol–water partition coefficient (Wildman–Crippen LogP) is 3.94. The van der Waals surface area contributed by atoms with Crippen LogP contribution in [0.3, 0.4) is 0 Å². The number of phenolic OH excluding ortho intramolecular Hbond substituents is 1. The van der Waals surface area contributed by atoms with Crippen molar-refractivity contribution in [1.82, 2.24) is 26.1 Å². The van der Waals surface area contributed by atoms with Gasteiger partial charge in [0, 0.05) is 40.0 Å². The summed E-state index contributed by atoms with van der Waals surface area (Å²) in [5, 5.41) is 30.0. The molecular weight excluding hydrogens is 695 g/mol. The Morgan fingerprint density at radius 2 is 1.57 bits per heavy atom. The molecule has 0 unspecified atom stereocenters. The minimum atomic E-state index is -1.83. The van der Waals surface area contributed by atoms with Crippen molar-refractivity contribution >= 4 is 46.2 Å². The Kier molecular flexibility index (Phi) is 13.4. The number of hydrogen-bond donors (Lipinski definition) is 5. The van der Waals surface area contributed by atoms with Crippen LogP contribution < -0.4 is 20.8 Å². The molecule has 0 saturated carbocycles. The second kappa shape index (κ2) is 18.5. The summed E-state index contributed by atoms with van der Waals surface area (Å²) in [6.45, 7) is 1.11. The summed E-state index contributed by atoms with van der Waals surface area (Å²) in [5.74, 6) is -2.13. The van der Waals surface area contributed by atoms with Gasteiger partial charge in [-0.1, -0.05) is 78.9 Å². The molecule has 4 amide bonds. The van der Waals surface area contributed by atoms with Crippen LogP contribution >= 0.6 is 11.8 Å². The van der Waals surface area contributed by atoms with E-state index < -0.39 is 41.8 Å². The summed E-state index contributed by atoms with van der Waals surface area (Å²) < 4.78 is 5.81. The SMILES string of the molecule is CSC[C@H](NC(=O)COc1cccc2cnccc12)C(=O)N[C@@H](Cc1ccccc1)[C@H](O)C(=O)N(Cc1ccccc1)NC(=O)c1cccc(O)c1C. The number of hydrogen-bond acceptors (Lipinski definition) is 9. The molecule has 5 rings (SSSR count). The molecule has 1 aromatic heterocycles. The number of nitrogens with one attached hydrogen (secondary N) is 3. The van der Waals surface area contributed by atoms with Crippen molar-refractivity contribution in [3.05, 3.63) is 138 Å². The highest BCUT2D eigenvalue weighted by Gasteiger charge is 2.34. The lowest BCUT2D eigenvalue weighted by molar-refractivity contribution is -0.145. The maximum atomic E-state index is 14.1. The van der Waals surface area contributed by atoms with Gasteiger partial charge in [-0.15, -0.1) is 0 Å². The van der Waals surface area contributed by atoms with Crippen molar-refractivity contribution in [2.75, 3.05) is 18.6 Å². The highest BCUT2D eigenvalue weighted by atomic mass is 32.2. The fourth-order valence-electron chi connectivity index (χ4n) is 5.66. The smallest absolute Gasteiger partial charge is 0.272 e. The number of aromatic nitrogens is 1. The third-order valence-electron chi connectivity index (χ3n) is 8.48. The molecule has 4 aromatic carbocycles. The Hall–Kier alpha value is -5.92. The van der Waals surface area contributed by atoms with Crippen LogP contribution in [0, 0.1) is 6.92 Å². The number of fused-ring (bicyclic) bond motifs is 1. The summed E-state index contributed by atoms with van der Waals surface area (Å²) in [6.07, 6.45) is 3.33. The van der Waals surface area contributed by atoms with Crippen LogP contribution in [0.5, 0.6) is 11.5 Å². The van der Waals surface area contributed by atoms with E-state index in [0.29, 0.717) is 16.9 Å². The number of ether oxygens (including phenoxy) is 1. The summed E-state index contributed by atoms with van der Waals surface area (Å²) >= 11 is 1.33. The van der Waals surface area contributed by atoms with Crippen molar-refractivity contribution in [1.29, 1.82) is 0 Å². The number of aliphatic hydroxyl groups is 1. The molecule has 5 aromatic rings. The van der Waals surface area contributed by atoms with Gasteiger partial charge < -0.3 is 25.6 Å². The fraction of sp³-hybridized carbons (Fsp3) is 0.225. The lowest BCUT2D eigenvalue weighted by atomic mass is 9.99. The molecule has 0 fully saturated rings. The molecule has 0 spiro atoms. The Morgan fingerprint density at radius 3 is 2.28 bits per heavy atom. The van der Waals surface area contributed by atoms with Gasteiger partial charge in [0.2, 0.25) is 5.91 Å². The minimum Gasteiger partial charge on any atom is -0.508 e. The van der Waals surface area contributed by atoms with Crippen molar-refractivity contribution in [2.24, 2.45) is 0 Å². The van der Waals surface area contributed by atoms with Crippen molar-refractivity contribution in [2.45, 2.75) is 38.1 Å². The molecule has 0 aliphatic heterocycles. The number of carbonyl (C=O) groups excluding carboxylic acids is 4. The van der Waals surface area contributed by atoms with Crippen LogP contribution in [0.25, 0.3) is 10.8 Å². The molecule has 5 N–H and O–H groups in total. The molecule has 13 heteroatoms. The van der Waals surface area contributed by atoms with Gasteiger partial charge in [-0.2, -0.15) is 11.8 Å². The predicted molar refractivity (Wildman–Crippen MR) is 203 cm³/mol. The summed E-state index contributed by atoms with van der Waals surface area (Å²) in [6, 6.07) is 27.4. The van der Waals surface area contributed by atoms with Gasteiger partial charge in [-0.25, -0.2) is 5.01 Å². The average molecular weight is 736 g/mol. The largest absolute Gasteiger partial charge is 0.508 e. The first-order valence-corrected chi connectivity index (χ1v) is 18.2. The molecule has 12 nitrogen and oxygen atoms in total. The number of benzene rings is 4. The number of phenols is 1. The second-order valence-electron chi connectivity index (χ2n) is 12.3. The highest BCUT2D eigenvalue weighted by molar-refractivity contribution is 7.98. The van der Waals surface area contributed by atoms with Crippen LogP contribution in [-0.4, -0.2) is 80.6 Å². The Labute approximate surface area is 311 Å². The number of aliphatic hydroxyl groups excluding tert-OH is 1. The van der Waals surface area contributed by atoms with Gasteiger partial charge in [0.15, 0.2) is 12.7 Å². The van der Waals surface area contributed by atoms with E-state index in [4.69, 9.17) is 4.74 Å². The van der Waals surface area contributed by atoms with Crippen LogP contribution in [0.1, 0.15) is 27.0 Å². The summed E-state index contributed by atoms with van der Waals surface area (Å²) in [5.41, 5.74) is 4.43. The number of rotatable bonds is 15. The van der Waals surface area contributed by atoms with Gasteiger partial charge >= 0.3 is 0 Å². The molecule has 53 heavy (non-hydrogen) atoms. The highest BCUT2D eigenvalue weighted by Crippen LogP contribution is 2.24. The number of aromatic hydroxyl groups is 1. The maximum Gasteiger partial charge on any atom is 0.272 e. The van der Waals surface area contributed by atoms with Crippen molar-refractivity contribution in [3.63, 3.8) is 0 Å². The maximum absolute atomic E-state index is 14.1. The van der Waals surface area contributed by atoms with Crippen LogP contribution in [-0.2, 0) is 27.3 Å². The normalized spacial score (nSPS) is 12.6. The van der Waals surface area contributed by atoms with E-state index in [2.05, 4.69) is 21.0 Å². The second-order valence-corrected chi connectivity index (χ2v) is 13.2. The minimum absolute atomic E-state index is 0.0528. The number of nitrogens with zero attached hydrogens (tertiary/aromatic N) is 2. The Morgan fingerprint density at radius 1 is 0.868 bits per heavy atom. The van der Waals surface area contributed by atoms with Gasteiger partial charge in [-0.05, 0) is 55.0 Å². The third-order valence-corrected chi connectivity index (χ3v) is 9.15. The molecule has 1 heterocycles. The fourth-order valence-corrected chi connectivity index (χ4v) is 6.23. The summed E-state index contributed by atoms with van der Waals surface area (Å²) in [4.78, 5) is 58.6. The first kappa shape index (κ1) is 38.3. The summed E-state index contributed by atoms with van der Waals surface area (Å²) in [7, 11) is 0. The van der Waals surface area contributed by atoms with Crippen LogP contribution in [0.15, 0.2) is 116 Å². The molecule has 0 bridgehead atoms. The number of pyridine rings is 1. The zero-order chi connectivity index (χ0) is 37.7. The Balaban J connectivity index is 1.34. The van der Waals surface area contributed by atoms with Gasteiger partial charge in [0.25, 0.3) is 17.7 Å². The first-order chi connectivity index (χ1) is 25.6. The zero-order valence-electron chi connectivity index (χ0n) is 29.3. The van der Waals surface area contributed by atoms with E-state index in [1.165, 1.54) is 30.0 Å². The van der Waals surface area contributed by atoms with Gasteiger partial charge in [0.1, 0.15) is 17.5 Å². The first-order valence-electron chi connectivity index (χ1n) is 16.9. The molecular formula is C40H41N5O7S. The van der Waals surface area contributed by atoms with E-state index in [1.54, 1.807) is 92.3 Å². The van der Waals surface area contributed by atoms with Crippen LogP contribution in [0.4, 0.5) is 0 Å². The third kappa shape index (κ3) is 10.3. The monoisotopic (exact) mass is 735 g/mol. The van der Waals surface area contributed by atoms with Crippen LogP contribution in [0.2, 0.25) is 0 Å². The molecule has 274 valence electrons. The Bertz CT molecular complexity index is 2030. The lowest BCUT2D eigenvalue weighted by Crippen LogP contribution is -2.59. The quantitative estimate of drug-likeness (QED) is 0.100. The number of amides is 4. The van der Waals surface area contributed by atoms with E-state index in [0.717, 1.165) is 21.3 Å². The van der Waals surface area contributed by atoms with E-state index in [9.17, 15) is 29.4 Å². The topological polar surface area (TPSA) is 170 Å². The molecule has 0 aliphatic carbocycles. The standard InChI is InChI=1S/C40H41N5O7S/c1-26-30(16-10-17-34(26)46)38(49)44-45(23-28-13-7-4-8-14-28)40(51)37(48)32(21-27-11-5-3-6-12-27)43-39(50)33(25-53-2)42-36(47)24-52-35-18-9-15-29-22-41-20-19-31(29)35/h3-20,22,32-33,37,46,48H,21,23-25H2,1-2H3,(H,42,47)(H,43,50)(H,44,49)/t32-,33-,37-/m0/s1.